The van der Waals surface area contributed by atoms with Gasteiger partial charge in [0.15, 0.2) is 0 Å². The lowest BCUT2D eigenvalue weighted by Crippen LogP contribution is -2.46. The predicted molar refractivity (Wildman–Crippen MR) is 66.9 cm³/mol. The van der Waals surface area contributed by atoms with Gasteiger partial charge in [-0.3, -0.25) is 4.79 Å². The first-order chi connectivity index (χ1) is 8.06. The molecule has 4 nitrogen and oxygen atoms in total. The molecule has 0 aromatic carbocycles. The predicted octanol–water partition coefficient (Wildman–Crippen LogP) is 1.22. The van der Waals surface area contributed by atoms with E-state index in [9.17, 15) is 9.90 Å². The number of likely N-dealkylation sites (tertiary alicyclic amines) is 1. The van der Waals surface area contributed by atoms with Gasteiger partial charge in [-0.05, 0) is 19.3 Å². The van der Waals surface area contributed by atoms with E-state index in [4.69, 9.17) is 0 Å². The van der Waals surface area contributed by atoms with E-state index in [-0.39, 0.29) is 12.0 Å². The zero-order valence-corrected chi connectivity index (χ0v) is 11.0. The van der Waals surface area contributed by atoms with Crippen molar-refractivity contribution in [3.8, 4) is 0 Å². The molecule has 2 atom stereocenters. The summed E-state index contributed by atoms with van der Waals surface area (Å²) < 4.78 is 0. The van der Waals surface area contributed by atoms with E-state index in [1.807, 2.05) is 19.2 Å². The van der Waals surface area contributed by atoms with Crippen LogP contribution in [0.4, 0.5) is 0 Å². The summed E-state index contributed by atoms with van der Waals surface area (Å²) in [5.41, 5.74) is 0.839. The number of rotatable bonds is 2. The summed E-state index contributed by atoms with van der Waals surface area (Å²) in [5, 5.41) is 12.7. The minimum Gasteiger partial charge on any atom is -0.391 e. The molecule has 1 aliphatic rings. The average molecular weight is 254 g/mol. The standard InChI is InChI=1S/C12H18N2O2S/c1-8-3-4-14(6-11(8)15)12(16)5-10-7-17-9(2)13-10/h7-8,11,15H,3-6H2,1-2H3. The Balaban J connectivity index is 1.92. The van der Waals surface area contributed by atoms with E-state index in [1.54, 1.807) is 16.2 Å². The summed E-state index contributed by atoms with van der Waals surface area (Å²) >= 11 is 1.56. The Kier molecular flexibility index (Phi) is 3.79. The molecule has 0 bridgehead atoms. The zero-order chi connectivity index (χ0) is 12.4. The summed E-state index contributed by atoms with van der Waals surface area (Å²) in [5.74, 6) is 0.363. The minimum absolute atomic E-state index is 0.0706. The van der Waals surface area contributed by atoms with Crippen molar-refractivity contribution in [3.63, 3.8) is 0 Å². The van der Waals surface area contributed by atoms with Crippen LogP contribution in [-0.4, -0.2) is 40.1 Å². The normalized spacial score (nSPS) is 25.0. The van der Waals surface area contributed by atoms with Crippen molar-refractivity contribution in [2.75, 3.05) is 13.1 Å². The van der Waals surface area contributed by atoms with Crippen LogP contribution in [0.1, 0.15) is 24.0 Å². The Labute approximate surface area is 105 Å². The van der Waals surface area contributed by atoms with E-state index >= 15 is 0 Å². The highest BCUT2D eigenvalue weighted by molar-refractivity contribution is 7.09. The number of aliphatic hydroxyl groups excluding tert-OH is 1. The summed E-state index contributed by atoms with van der Waals surface area (Å²) in [6.45, 7) is 5.17. The first kappa shape index (κ1) is 12.5. The summed E-state index contributed by atoms with van der Waals surface area (Å²) in [6.07, 6.45) is 0.846. The molecule has 1 N–H and O–H groups in total. The van der Waals surface area contributed by atoms with Crippen LogP contribution in [-0.2, 0) is 11.2 Å². The van der Waals surface area contributed by atoms with Crippen molar-refractivity contribution in [1.82, 2.24) is 9.88 Å². The molecule has 1 fully saturated rings. The first-order valence-electron chi connectivity index (χ1n) is 5.93. The van der Waals surface area contributed by atoms with Crippen molar-refractivity contribution in [1.29, 1.82) is 0 Å². The highest BCUT2D eigenvalue weighted by atomic mass is 32.1. The maximum Gasteiger partial charge on any atom is 0.228 e. The molecule has 0 radical (unpaired) electrons. The van der Waals surface area contributed by atoms with Gasteiger partial charge in [0.2, 0.25) is 5.91 Å². The van der Waals surface area contributed by atoms with Gasteiger partial charge in [0, 0.05) is 18.5 Å². The Morgan fingerprint density at radius 2 is 2.47 bits per heavy atom. The molecule has 5 heteroatoms. The molecule has 2 heterocycles. The highest BCUT2D eigenvalue weighted by Crippen LogP contribution is 2.18. The van der Waals surface area contributed by atoms with Crippen LogP contribution in [0.15, 0.2) is 5.38 Å². The fourth-order valence-electron chi connectivity index (χ4n) is 2.03. The van der Waals surface area contributed by atoms with Crippen LogP contribution in [0, 0.1) is 12.8 Å². The molecule has 0 aliphatic carbocycles. The van der Waals surface area contributed by atoms with Gasteiger partial charge in [0.05, 0.1) is 23.2 Å². The van der Waals surface area contributed by atoms with Crippen LogP contribution < -0.4 is 0 Å². The number of aryl methyl sites for hydroxylation is 1. The number of aromatic nitrogens is 1. The van der Waals surface area contributed by atoms with Crippen LogP contribution in [0.25, 0.3) is 0 Å². The van der Waals surface area contributed by atoms with E-state index in [2.05, 4.69) is 4.98 Å². The Morgan fingerprint density at radius 3 is 3.06 bits per heavy atom. The van der Waals surface area contributed by atoms with Gasteiger partial charge in [0.25, 0.3) is 0 Å². The Bertz CT molecular complexity index is 405. The number of aliphatic hydroxyl groups is 1. The Morgan fingerprint density at radius 1 is 1.71 bits per heavy atom. The molecule has 17 heavy (non-hydrogen) atoms. The topological polar surface area (TPSA) is 53.4 Å². The van der Waals surface area contributed by atoms with Gasteiger partial charge in [-0.25, -0.2) is 4.98 Å². The quantitative estimate of drug-likeness (QED) is 0.863. The summed E-state index contributed by atoms with van der Waals surface area (Å²) in [4.78, 5) is 18.0. The Hall–Kier alpha value is -0.940. The van der Waals surface area contributed by atoms with Gasteiger partial charge in [-0.15, -0.1) is 11.3 Å². The zero-order valence-electron chi connectivity index (χ0n) is 10.2. The van der Waals surface area contributed by atoms with E-state index in [0.717, 1.165) is 23.7 Å². The summed E-state index contributed by atoms with van der Waals surface area (Å²) in [6, 6.07) is 0. The number of nitrogens with zero attached hydrogens (tertiary/aromatic N) is 2. The first-order valence-corrected chi connectivity index (χ1v) is 6.81. The lowest BCUT2D eigenvalue weighted by Gasteiger charge is -2.34. The van der Waals surface area contributed by atoms with Crippen molar-refractivity contribution in [3.05, 3.63) is 16.1 Å². The fraction of sp³-hybridized carbons (Fsp3) is 0.667. The number of thiazole rings is 1. The lowest BCUT2D eigenvalue weighted by atomic mass is 9.96. The smallest absolute Gasteiger partial charge is 0.228 e. The SMILES string of the molecule is Cc1nc(CC(=O)N2CCC(C)C(O)C2)cs1. The highest BCUT2D eigenvalue weighted by Gasteiger charge is 2.27. The van der Waals surface area contributed by atoms with Gasteiger partial charge in [0.1, 0.15) is 0 Å². The van der Waals surface area contributed by atoms with E-state index in [1.165, 1.54) is 0 Å². The second-order valence-electron chi connectivity index (χ2n) is 4.71. The number of piperidine rings is 1. The third-order valence-electron chi connectivity index (χ3n) is 3.27. The van der Waals surface area contributed by atoms with Crippen molar-refractivity contribution < 1.29 is 9.90 Å². The van der Waals surface area contributed by atoms with Crippen LogP contribution in [0.2, 0.25) is 0 Å². The van der Waals surface area contributed by atoms with Crippen molar-refractivity contribution in [2.45, 2.75) is 32.8 Å². The lowest BCUT2D eigenvalue weighted by molar-refractivity contribution is -0.134. The molecule has 0 saturated carbocycles. The van der Waals surface area contributed by atoms with E-state index in [0.29, 0.717) is 18.9 Å². The number of hydrogen-bond acceptors (Lipinski definition) is 4. The molecule has 0 spiro atoms. The monoisotopic (exact) mass is 254 g/mol. The van der Waals surface area contributed by atoms with E-state index < -0.39 is 0 Å². The molecule has 1 aromatic heterocycles. The molecule has 2 unspecified atom stereocenters. The minimum atomic E-state index is -0.384. The third-order valence-corrected chi connectivity index (χ3v) is 4.09. The second-order valence-corrected chi connectivity index (χ2v) is 5.77. The molecule has 1 aliphatic heterocycles. The molecule has 2 rings (SSSR count). The largest absolute Gasteiger partial charge is 0.391 e. The average Bonchev–Trinajstić information content (AvgIpc) is 2.68. The summed E-state index contributed by atoms with van der Waals surface area (Å²) in [7, 11) is 0. The fourth-order valence-corrected chi connectivity index (χ4v) is 2.64. The molecular weight excluding hydrogens is 236 g/mol. The number of β-amino-alcohol motifs (C(OH)–C–C–N with tert-alkyl or cyclic N) is 1. The van der Waals surface area contributed by atoms with Crippen molar-refractivity contribution >= 4 is 17.2 Å². The van der Waals surface area contributed by atoms with Gasteiger partial charge >= 0.3 is 0 Å². The van der Waals surface area contributed by atoms with Gasteiger partial charge in [-0.1, -0.05) is 6.92 Å². The maximum absolute atomic E-state index is 12.0. The van der Waals surface area contributed by atoms with Crippen LogP contribution >= 0.6 is 11.3 Å². The molecule has 1 saturated heterocycles. The second kappa shape index (κ2) is 5.14. The number of hydrogen-bond donors (Lipinski definition) is 1. The maximum atomic E-state index is 12.0. The number of amides is 1. The number of carbonyl (C=O) groups excluding carboxylic acids is 1. The van der Waals surface area contributed by atoms with Crippen molar-refractivity contribution in [2.24, 2.45) is 5.92 Å². The van der Waals surface area contributed by atoms with Gasteiger partial charge in [-0.2, -0.15) is 0 Å². The van der Waals surface area contributed by atoms with Crippen LogP contribution in [0.3, 0.4) is 0 Å². The third kappa shape index (κ3) is 3.04. The van der Waals surface area contributed by atoms with Crippen LogP contribution in [0.5, 0.6) is 0 Å². The molecule has 1 amide bonds. The number of carbonyl (C=O) groups is 1. The molecular formula is C12H18N2O2S. The van der Waals surface area contributed by atoms with Gasteiger partial charge < -0.3 is 10.0 Å². The molecule has 94 valence electrons. The molecule has 1 aromatic rings.